The van der Waals surface area contributed by atoms with E-state index < -0.39 is 24.7 Å². The largest absolute Gasteiger partial charge is 0.462 e. The molecular formula is C7H7BrF2O2. The molecule has 1 aromatic heterocycles. The second kappa shape index (κ2) is 3.53. The van der Waals surface area contributed by atoms with E-state index in [1.54, 1.807) is 0 Å². The van der Waals surface area contributed by atoms with Gasteiger partial charge in [0.05, 0.1) is 4.47 Å². The van der Waals surface area contributed by atoms with Crippen molar-refractivity contribution in [2.75, 3.05) is 6.61 Å². The van der Waals surface area contributed by atoms with Crippen LogP contribution in [0.4, 0.5) is 8.78 Å². The van der Waals surface area contributed by atoms with Gasteiger partial charge in [-0.15, -0.1) is 0 Å². The lowest BCUT2D eigenvalue weighted by molar-refractivity contribution is -0.0459. The fourth-order valence-electron chi connectivity index (χ4n) is 0.768. The number of aliphatic hydroxyl groups is 1. The SMILES string of the molecule is OCCC(F)(F)c1cc(Br)co1. The van der Waals surface area contributed by atoms with Crippen molar-refractivity contribution in [1.29, 1.82) is 0 Å². The fourth-order valence-corrected chi connectivity index (χ4v) is 1.07. The van der Waals surface area contributed by atoms with Crippen LogP contribution in [0.1, 0.15) is 12.2 Å². The highest BCUT2D eigenvalue weighted by Gasteiger charge is 2.34. The average molecular weight is 241 g/mol. The molecule has 0 radical (unpaired) electrons. The Balaban J connectivity index is 2.81. The lowest BCUT2D eigenvalue weighted by Crippen LogP contribution is -2.13. The van der Waals surface area contributed by atoms with Gasteiger partial charge in [0.25, 0.3) is 0 Å². The molecule has 0 aromatic carbocycles. The van der Waals surface area contributed by atoms with Crippen molar-refractivity contribution >= 4 is 15.9 Å². The van der Waals surface area contributed by atoms with Crippen LogP contribution in [0.3, 0.4) is 0 Å². The van der Waals surface area contributed by atoms with Crippen LogP contribution in [0.15, 0.2) is 21.2 Å². The maximum absolute atomic E-state index is 12.9. The standard InChI is InChI=1S/C7H7BrF2O2/c8-5-3-6(12-4-5)7(9,10)1-2-11/h3-4,11H,1-2H2. The highest BCUT2D eigenvalue weighted by molar-refractivity contribution is 9.10. The van der Waals surface area contributed by atoms with Gasteiger partial charge < -0.3 is 9.52 Å². The molecule has 0 amide bonds. The van der Waals surface area contributed by atoms with Gasteiger partial charge >= 0.3 is 5.92 Å². The molecule has 0 unspecified atom stereocenters. The Morgan fingerprint density at radius 3 is 2.67 bits per heavy atom. The van der Waals surface area contributed by atoms with Crippen LogP contribution in [0.5, 0.6) is 0 Å². The molecule has 0 saturated heterocycles. The van der Waals surface area contributed by atoms with Crippen LogP contribution < -0.4 is 0 Å². The van der Waals surface area contributed by atoms with Gasteiger partial charge in [0.15, 0.2) is 5.76 Å². The van der Waals surface area contributed by atoms with Gasteiger partial charge in [0, 0.05) is 19.1 Å². The molecule has 0 spiro atoms. The lowest BCUT2D eigenvalue weighted by Gasteiger charge is -2.10. The van der Waals surface area contributed by atoms with Crippen molar-refractivity contribution in [1.82, 2.24) is 0 Å². The third-order valence-electron chi connectivity index (χ3n) is 1.35. The number of furan rings is 1. The summed E-state index contributed by atoms with van der Waals surface area (Å²) >= 11 is 2.99. The van der Waals surface area contributed by atoms with Crippen LogP contribution in [0, 0.1) is 0 Å². The van der Waals surface area contributed by atoms with Gasteiger partial charge in [0.2, 0.25) is 0 Å². The quantitative estimate of drug-likeness (QED) is 0.881. The molecule has 1 N–H and O–H groups in total. The van der Waals surface area contributed by atoms with Crippen molar-refractivity contribution in [2.45, 2.75) is 12.3 Å². The third-order valence-corrected chi connectivity index (χ3v) is 1.77. The molecule has 0 aliphatic carbocycles. The van der Waals surface area contributed by atoms with E-state index in [1.807, 2.05) is 0 Å². The Kier molecular flexibility index (Phi) is 2.85. The predicted octanol–water partition coefficient (Wildman–Crippen LogP) is 2.52. The van der Waals surface area contributed by atoms with Gasteiger partial charge in [-0.25, -0.2) is 0 Å². The van der Waals surface area contributed by atoms with E-state index in [0.717, 1.165) is 0 Å². The van der Waals surface area contributed by atoms with Crippen molar-refractivity contribution in [3.63, 3.8) is 0 Å². The topological polar surface area (TPSA) is 33.4 Å². The van der Waals surface area contributed by atoms with Crippen LogP contribution in [0.2, 0.25) is 0 Å². The lowest BCUT2D eigenvalue weighted by atomic mass is 10.2. The summed E-state index contributed by atoms with van der Waals surface area (Å²) in [6, 6.07) is 1.19. The molecule has 0 bridgehead atoms. The molecule has 0 aliphatic heterocycles. The summed E-state index contributed by atoms with van der Waals surface area (Å²) in [7, 11) is 0. The first-order valence-corrected chi connectivity index (χ1v) is 4.09. The number of hydrogen-bond donors (Lipinski definition) is 1. The van der Waals surface area contributed by atoms with Gasteiger partial charge in [-0.05, 0) is 15.9 Å². The van der Waals surface area contributed by atoms with E-state index in [0.29, 0.717) is 4.47 Å². The number of rotatable bonds is 3. The van der Waals surface area contributed by atoms with Crippen LogP contribution >= 0.6 is 15.9 Å². The van der Waals surface area contributed by atoms with Crippen molar-refractivity contribution in [3.05, 3.63) is 22.6 Å². The minimum atomic E-state index is -3.08. The minimum absolute atomic E-state index is 0.427. The molecular weight excluding hydrogens is 234 g/mol. The Hall–Kier alpha value is -0.420. The van der Waals surface area contributed by atoms with Crippen LogP contribution in [-0.2, 0) is 5.92 Å². The average Bonchev–Trinajstić information content (AvgIpc) is 2.36. The van der Waals surface area contributed by atoms with Crippen LogP contribution in [-0.4, -0.2) is 11.7 Å². The predicted molar refractivity (Wildman–Crippen MR) is 42.0 cm³/mol. The maximum atomic E-state index is 12.9. The summed E-state index contributed by atoms with van der Waals surface area (Å²) < 4.78 is 30.8. The molecule has 2 nitrogen and oxygen atoms in total. The highest BCUT2D eigenvalue weighted by atomic mass is 79.9. The first-order valence-electron chi connectivity index (χ1n) is 3.29. The van der Waals surface area contributed by atoms with E-state index in [9.17, 15) is 8.78 Å². The smallest absolute Gasteiger partial charge is 0.306 e. The minimum Gasteiger partial charge on any atom is -0.462 e. The van der Waals surface area contributed by atoms with E-state index in [1.165, 1.54) is 12.3 Å². The van der Waals surface area contributed by atoms with E-state index in [2.05, 4.69) is 20.3 Å². The first-order chi connectivity index (χ1) is 5.56. The summed E-state index contributed by atoms with van der Waals surface area (Å²) in [5.74, 6) is -3.51. The zero-order chi connectivity index (χ0) is 9.19. The highest BCUT2D eigenvalue weighted by Crippen LogP contribution is 2.33. The summed E-state index contributed by atoms with van der Waals surface area (Å²) in [4.78, 5) is 0. The second-order valence-corrected chi connectivity index (χ2v) is 3.22. The Labute approximate surface area is 76.3 Å². The Bertz CT molecular complexity index is 260. The normalized spacial score (nSPS) is 12.0. The zero-order valence-electron chi connectivity index (χ0n) is 6.06. The summed E-state index contributed by atoms with van der Waals surface area (Å²) in [5, 5.41) is 8.34. The van der Waals surface area contributed by atoms with E-state index in [-0.39, 0.29) is 0 Å². The molecule has 1 heterocycles. The van der Waals surface area contributed by atoms with Gasteiger partial charge in [-0.2, -0.15) is 8.78 Å². The third kappa shape index (κ3) is 2.04. The van der Waals surface area contributed by atoms with Crippen molar-refractivity contribution in [3.8, 4) is 0 Å². The fraction of sp³-hybridized carbons (Fsp3) is 0.429. The Morgan fingerprint density at radius 2 is 2.25 bits per heavy atom. The van der Waals surface area contributed by atoms with E-state index in [4.69, 9.17) is 5.11 Å². The molecule has 0 fully saturated rings. The van der Waals surface area contributed by atoms with Gasteiger partial charge in [0.1, 0.15) is 6.26 Å². The molecule has 12 heavy (non-hydrogen) atoms. The molecule has 0 saturated carbocycles. The molecule has 0 aliphatic rings. The summed E-state index contributed by atoms with van der Waals surface area (Å²) in [6.07, 6.45) is 0.563. The first kappa shape index (κ1) is 9.67. The zero-order valence-corrected chi connectivity index (χ0v) is 7.64. The molecule has 1 aromatic rings. The molecule has 0 atom stereocenters. The number of hydrogen-bond acceptors (Lipinski definition) is 2. The molecule has 68 valence electrons. The maximum Gasteiger partial charge on any atom is 0.306 e. The second-order valence-electron chi connectivity index (χ2n) is 2.31. The summed E-state index contributed by atoms with van der Waals surface area (Å²) in [6.45, 7) is -0.564. The van der Waals surface area contributed by atoms with Gasteiger partial charge in [-0.3, -0.25) is 0 Å². The van der Waals surface area contributed by atoms with Crippen molar-refractivity contribution in [2.24, 2.45) is 0 Å². The molecule has 5 heteroatoms. The monoisotopic (exact) mass is 240 g/mol. The van der Waals surface area contributed by atoms with E-state index >= 15 is 0 Å². The van der Waals surface area contributed by atoms with Crippen LogP contribution in [0.25, 0.3) is 0 Å². The molecule has 1 rings (SSSR count). The number of aliphatic hydroxyl groups excluding tert-OH is 1. The van der Waals surface area contributed by atoms with Crippen molar-refractivity contribution < 1.29 is 18.3 Å². The number of halogens is 3. The summed E-state index contributed by atoms with van der Waals surface area (Å²) in [5.41, 5.74) is 0. The van der Waals surface area contributed by atoms with Gasteiger partial charge in [-0.1, -0.05) is 0 Å². The number of alkyl halides is 2. The Morgan fingerprint density at radius 1 is 1.58 bits per heavy atom.